The van der Waals surface area contributed by atoms with Gasteiger partial charge in [0.25, 0.3) is 0 Å². The first-order valence-corrected chi connectivity index (χ1v) is 10.5. The van der Waals surface area contributed by atoms with E-state index in [1.165, 1.54) is 0 Å². The summed E-state index contributed by atoms with van der Waals surface area (Å²) >= 11 is 7.68. The Morgan fingerprint density at radius 1 is 1.37 bits per heavy atom. The molecular weight excluding hydrogens is 382 g/mol. The molecule has 0 saturated carbocycles. The quantitative estimate of drug-likeness (QED) is 0.589. The summed E-state index contributed by atoms with van der Waals surface area (Å²) in [5.41, 5.74) is 3.19. The molecular formula is C20H22ClN3O2S. The van der Waals surface area contributed by atoms with Crippen molar-refractivity contribution in [2.45, 2.75) is 26.3 Å². The van der Waals surface area contributed by atoms with Crippen LogP contribution in [-0.4, -0.2) is 40.0 Å². The lowest BCUT2D eigenvalue weighted by Crippen LogP contribution is -2.39. The molecule has 1 aliphatic rings. The van der Waals surface area contributed by atoms with Crippen molar-refractivity contribution in [3.8, 4) is 11.3 Å². The van der Waals surface area contributed by atoms with Gasteiger partial charge >= 0.3 is 5.97 Å². The normalized spacial score (nSPS) is 18.1. The number of imidazole rings is 1. The minimum Gasteiger partial charge on any atom is -0.466 e. The first-order valence-electron chi connectivity index (χ1n) is 9.25. The molecule has 1 fully saturated rings. The van der Waals surface area contributed by atoms with Crippen molar-refractivity contribution in [3.05, 3.63) is 46.6 Å². The maximum absolute atomic E-state index is 12.2. The fourth-order valence-corrected chi connectivity index (χ4v) is 4.54. The number of aromatic nitrogens is 2. The molecule has 0 amide bonds. The molecule has 3 aromatic rings. The van der Waals surface area contributed by atoms with Crippen LogP contribution in [0.2, 0.25) is 5.02 Å². The number of hydrogen-bond acceptors (Lipinski definition) is 5. The predicted molar refractivity (Wildman–Crippen MR) is 108 cm³/mol. The second-order valence-corrected chi connectivity index (χ2v) is 8.11. The van der Waals surface area contributed by atoms with Crippen LogP contribution in [0.25, 0.3) is 16.2 Å². The Balaban J connectivity index is 1.61. The van der Waals surface area contributed by atoms with Gasteiger partial charge in [0, 0.05) is 35.3 Å². The zero-order valence-electron chi connectivity index (χ0n) is 15.2. The third kappa shape index (κ3) is 3.88. The van der Waals surface area contributed by atoms with Crippen molar-refractivity contribution in [1.82, 2.24) is 14.3 Å². The second-order valence-electron chi connectivity index (χ2n) is 6.80. The highest BCUT2D eigenvalue weighted by Crippen LogP contribution is 2.30. The van der Waals surface area contributed by atoms with E-state index in [9.17, 15) is 4.79 Å². The van der Waals surface area contributed by atoms with Gasteiger partial charge in [-0.3, -0.25) is 14.1 Å². The number of fused-ring (bicyclic) bond motifs is 1. The van der Waals surface area contributed by atoms with Crippen molar-refractivity contribution >= 4 is 33.9 Å². The van der Waals surface area contributed by atoms with E-state index in [0.29, 0.717) is 6.61 Å². The van der Waals surface area contributed by atoms with E-state index in [4.69, 9.17) is 21.3 Å². The minimum atomic E-state index is -0.0749. The molecule has 5 nitrogen and oxygen atoms in total. The van der Waals surface area contributed by atoms with Crippen LogP contribution in [0.1, 0.15) is 25.5 Å². The standard InChI is InChI=1S/C20H22ClN3O2S/c1-2-26-19(25)15-4-3-9-23(12-15)13-17-18(14-5-7-16(21)8-6-14)22-20-24(17)10-11-27-20/h5-8,10-11,15H,2-4,9,12-13H2,1H3. The van der Waals surface area contributed by atoms with E-state index in [0.717, 1.165) is 59.4 Å². The van der Waals surface area contributed by atoms with Crippen molar-refractivity contribution in [3.63, 3.8) is 0 Å². The van der Waals surface area contributed by atoms with Gasteiger partial charge in [0.15, 0.2) is 4.96 Å². The summed E-state index contributed by atoms with van der Waals surface area (Å²) in [7, 11) is 0. The molecule has 142 valence electrons. The first-order chi connectivity index (χ1) is 13.2. The van der Waals surface area contributed by atoms with Gasteiger partial charge < -0.3 is 4.74 Å². The fourth-order valence-electron chi connectivity index (χ4n) is 3.69. The number of halogens is 1. The van der Waals surface area contributed by atoms with Gasteiger partial charge in [-0.15, -0.1) is 11.3 Å². The smallest absolute Gasteiger partial charge is 0.310 e. The van der Waals surface area contributed by atoms with Gasteiger partial charge in [0.2, 0.25) is 0 Å². The van der Waals surface area contributed by atoms with Crippen LogP contribution in [0.4, 0.5) is 0 Å². The Morgan fingerprint density at radius 2 is 2.19 bits per heavy atom. The third-order valence-electron chi connectivity index (χ3n) is 4.98. The highest BCUT2D eigenvalue weighted by atomic mass is 35.5. The molecule has 0 radical (unpaired) electrons. The van der Waals surface area contributed by atoms with Crippen LogP contribution in [0.15, 0.2) is 35.8 Å². The van der Waals surface area contributed by atoms with Crippen molar-refractivity contribution in [2.75, 3.05) is 19.7 Å². The zero-order chi connectivity index (χ0) is 18.8. The topological polar surface area (TPSA) is 46.8 Å². The number of nitrogens with zero attached hydrogens (tertiary/aromatic N) is 3. The van der Waals surface area contributed by atoms with Crippen LogP contribution in [0, 0.1) is 5.92 Å². The Hall–Kier alpha value is -1.89. The molecule has 27 heavy (non-hydrogen) atoms. The second kappa shape index (κ2) is 8.00. The maximum atomic E-state index is 12.2. The number of likely N-dealkylation sites (tertiary alicyclic amines) is 1. The Labute approximate surface area is 167 Å². The summed E-state index contributed by atoms with van der Waals surface area (Å²) in [5.74, 6) is -0.113. The van der Waals surface area contributed by atoms with E-state index < -0.39 is 0 Å². The summed E-state index contributed by atoms with van der Waals surface area (Å²) in [6, 6.07) is 7.81. The third-order valence-corrected chi connectivity index (χ3v) is 5.99. The van der Waals surface area contributed by atoms with E-state index in [2.05, 4.69) is 20.9 Å². The number of carbonyl (C=O) groups is 1. The van der Waals surface area contributed by atoms with Gasteiger partial charge in [0.05, 0.1) is 23.9 Å². The average molecular weight is 404 g/mol. The first kappa shape index (κ1) is 18.5. The highest BCUT2D eigenvalue weighted by molar-refractivity contribution is 7.15. The van der Waals surface area contributed by atoms with Gasteiger partial charge in [-0.1, -0.05) is 23.7 Å². The van der Waals surface area contributed by atoms with Gasteiger partial charge in [-0.05, 0) is 38.4 Å². The average Bonchev–Trinajstić information content (AvgIpc) is 3.26. The van der Waals surface area contributed by atoms with Gasteiger partial charge in [0.1, 0.15) is 0 Å². The van der Waals surface area contributed by atoms with Crippen LogP contribution in [0.5, 0.6) is 0 Å². The molecule has 3 heterocycles. The molecule has 0 aliphatic carbocycles. The molecule has 0 N–H and O–H groups in total. The Morgan fingerprint density at radius 3 is 2.96 bits per heavy atom. The van der Waals surface area contributed by atoms with Crippen LogP contribution in [0.3, 0.4) is 0 Å². The number of ether oxygens (including phenoxy) is 1. The van der Waals surface area contributed by atoms with E-state index in [1.807, 2.05) is 31.2 Å². The summed E-state index contributed by atoms with van der Waals surface area (Å²) in [6.45, 7) is 4.76. The minimum absolute atomic E-state index is 0.0384. The monoisotopic (exact) mass is 403 g/mol. The van der Waals surface area contributed by atoms with E-state index >= 15 is 0 Å². The molecule has 1 aromatic carbocycles. The predicted octanol–water partition coefficient (Wildman–Crippen LogP) is 4.49. The summed E-state index contributed by atoms with van der Waals surface area (Å²) < 4.78 is 7.39. The lowest BCUT2D eigenvalue weighted by atomic mass is 9.98. The van der Waals surface area contributed by atoms with Crippen LogP contribution in [-0.2, 0) is 16.1 Å². The summed E-state index contributed by atoms with van der Waals surface area (Å²) in [4.78, 5) is 20.3. The molecule has 0 bridgehead atoms. The lowest BCUT2D eigenvalue weighted by molar-refractivity contribution is -0.150. The van der Waals surface area contributed by atoms with Gasteiger partial charge in [-0.25, -0.2) is 4.98 Å². The van der Waals surface area contributed by atoms with Crippen LogP contribution >= 0.6 is 22.9 Å². The van der Waals surface area contributed by atoms with E-state index in [-0.39, 0.29) is 11.9 Å². The van der Waals surface area contributed by atoms with Crippen molar-refractivity contribution in [2.24, 2.45) is 5.92 Å². The van der Waals surface area contributed by atoms with Crippen LogP contribution < -0.4 is 0 Å². The molecule has 1 aliphatic heterocycles. The highest BCUT2D eigenvalue weighted by Gasteiger charge is 2.28. The zero-order valence-corrected chi connectivity index (χ0v) is 16.8. The molecule has 1 atom stereocenters. The SMILES string of the molecule is CCOC(=O)C1CCCN(Cc2c(-c3ccc(Cl)cc3)nc3sccn23)C1. The summed E-state index contributed by atoms with van der Waals surface area (Å²) in [5, 5.41) is 2.77. The molecule has 4 rings (SSSR count). The molecule has 1 saturated heterocycles. The molecule has 2 aromatic heterocycles. The molecule has 1 unspecified atom stereocenters. The number of piperidine rings is 1. The van der Waals surface area contributed by atoms with E-state index in [1.54, 1.807) is 11.3 Å². The number of rotatable bonds is 5. The lowest BCUT2D eigenvalue weighted by Gasteiger charge is -2.31. The largest absolute Gasteiger partial charge is 0.466 e. The number of hydrogen-bond donors (Lipinski definition) is 0. The van der Waals surface area contributed by atoms with Gasteiger partial charge in [-0.2, -0.15) is 0 Å². The Kier molecular flexibility index (Phi) is 5.48. The summed E-state index contributed by atoms with van der Waals surface area (Å²) in [6.07, 6.45) is 3.97. The Bertz CT molecular complexity index is 935. The fraction of sp³-hybridized carbons (Fsp3) is 0.400. The number of carbonyl (C=O) groups excluding carboxylic acids is 1. The number of benzene rings is 1. The van der Waals surface area contributed by atoms with Crippen molar-refractivity contribution < 1.29 is 9.53 Å². The molecule has 7 heteroatoms. The number of esters is 1. The maximum Gasteiger partial charge on any atom is 0.310 e. The van der Waals surface area contributed by atoms with Crippen molar-refractivity contribution in [1.29, 1.82) is 0 Å². The molecule has 0 spiro atoms. The number of thiazole rings is 1.